The zero-order valence-electron chi connectivity index (χ0n) is 16.3. The normalized spacial score (nSPS) is 10.5. The number of hydrogen-bond donors (Lipinski definition) is 2. The van der Waals surface area contributed by atoms with Crippen LogP contribution in [0.15, 0.2) is 73.1 Å². The van der Waals surface area contributed by atoms with Gasteiger partial charge in [0, 0.05) is 40.0 Å². The molecule has 0 atom stereocenters. The van der Waals surface area contributed by atoms with Crippen molar-refractivity contribution in [2.24, 2.45) is 0 Å². The van der Waals surface area contributed by atoms with Crippen molar-refractivity contribution in [2.75, 3.05) is 23.7 Å². The molecule has 2 aromatic heterocycles. The summed E-state index contributed by atoms with van der Waals surface area (Å²) in [4.78, 5) is 8.99. The molecule has 0 amide bonds. The van der Waals surface area contributed by atoms with Crippen molar-refractivity contribution in [1.82, 2.24) is 9.97 Å². The molecule has 6 heteroatoms. The van der Waals surface area contributed by atoms with Gasteiger partial charge in [-0.3, -0.25) is 4.98 Å². The van der Waals surface area contributed by atoms with Gasteiger partial charge in [0.05, 0.1) is 23.1 Å². The zero-order chi connectivity index (χ0) is 20.8. The molecular formula is C24H20IN5. The van der Waals surface area contributed by atoms with Gasteiger partial charge in [0.1, 0.15) is 11.9 Å². The molecule has 0 bridgehead atoms. The van der Waals surface area contributed by atoms with E-state index in [1.54, 1.807) is 12.3 Å². The summed E-state index contributed by atoms with van der Waals surface area (Å²) in [6, 6.07) is 22.6. The Hall–Kier alpha value is -3.18. The van der Waals surface area contributed by atoms with Crippen LogP contribution in [0.1, 0.15) is 16.8 Å². The van der Waals surface area contributed by atoms with Gasteiger partial charge < -0.3 is 10.6 Å². The molecule has 30 heavy (non-hydrogen) atoms. The first-order valence-corrected chi connectivity index (χ1v) is 10.8. The average Bonchev–Trinajstić information content (AvgIpc) is 2.78. The minimum Gasteiger partial charge on any atom is -0.382 e. The Morgan fingerprint density at radius 1 is 0.867 bits per heavy atom. The van der Waals surface area contributed by atoms with E-state index in [9.17, 15) is 0 Å². The van der Waals surface area contributed by atoms with Crippen molar-refractivity contribution in [3.8, 4) is 6.07 Å². The standard InChI is InChI=1S/C24H20IN5/c25-19-5-3-4-17(12-19)13-22-20-6-1-2-7-21(20)23(16-29-22)27-10-11-28-24-9-8-18(14-26)15-30-24/h1-9,12,15-16,27H,10-11,13H2,(H,28,30). The van der Waals surface area contributed by atoms with E-state index in [0.29, 0.717) is 12.1 Å². The minimum absolute atomic E-state index is 0.557. The smallest absolute Gasteiger partial charge is 0.126 e. The molecule has 0 aliphatic rings. The lowest BCUT2D eigenvalue weighted by Crippen LogP contribution is -2.14. The predicted octanol–water partition coefficient (Wildman–Crippen LogP) is 5.22. The van der Waals surface area contributed by atoms with Crippen LogP contribution in [-0.2, 0) is 6.42 Å². The van der Waals surface area contributed by atoms with Crippen LogP contribution in [0.4, 0.5) is 11.5 Å². The third-order valence-electron chi connectivity index (χ3n) is 4.78. The second-order valence-electron chi connectivity index (χ2n) is 6.87. The number of fused-ring (bicyclic) bond motifs is 1. The molecule has 0 saturated carbocycles. The second-order valence-corrected chi connectivity index (χ2v) is 8.11. The van der Waals surface area contributed by atoms with Gasteiger partial charge in [-0.25, -0.2) is 4.98 Å². The molecule has 2 heterocycles. The summed E-state index contributed by atoms with van der Waals surface area (Å²) in [6.45, 7) is 1.43. The lowest BCUT2D eigenvalue weighted by Gasteiger charge is -2.13. The van der Waals surface area contributed by atoms with Gasteiger partial charge in [-0.15, -0.1) is 0 Å². The predicted molar refractivity (Wildman–Crippen MR) is 130 cm³/mol. The molecular weight excluding hydrogens is 485 g/mol. The third-order valence-corrected chi connectivity index (χ3v) is 5.45. The fourth-order valence-corrected chi connectivity index (χ4v) is 3.93. The summed E-state index contributed by atoms with van der Waals surface area (Å²) < 4.78 is 1.23. The Morgan fingerprint density at radius 2 is 1.70 bits per heavy atom. The minimum atomic E-state index is 0.557. The van der Waals surface area contributed by atoms with Gasteiger partial charge in [-0.05, 0) is 52.4 Å². The number of anilines is 2. The highest BCUT2D eigenvalue weighted by molar-refractivity contribution is 14.1. The van der Waals surface area contributed by atoms with E-state index < -0.39 is 0 Å². The highest BCUT2D eigenvalue weighted by Crippen LogP contribution is 2.26. The summed E-state index contributed by atoms with van der Waals surface area (Å²) in [5.74, 6) is 0.756. The van der Waals surface area contributed by atoms with Crippen LogP contribution in [0.2, 0.25) is 0 Å². The summed E-state index contributed by atoms with van der Waals surface area (Å²) >= 11 is 2.34. The molecule has 0 aliphatic heterocycles. The number of nitrogens with one attached hydrogen (secondary N) is 2. The number of benzene rings is 2. The molecule has 2 aromatic carbocycles. The van der Waals surface area contributed by atoms with Crippen LogP contribution in [0.25, 0.3) is 10.8 Å². The van der Waals surface area contributed by atoms with E-state index in [0.717, 1.165) is 30.2 Å². The molecule has 0 radical (unpaired) electrons. The fourth-order valence-electron chi connectivity index (χ4n) is 3.33. The van der Waals surface area contributed by atoms with Gasteiger partial charge in [0.25, 0.3) is 0 Å². The Morgan fingerprint density at radius 3 is 2.47 bits per heavy atom. The molecule has 148 valence electrons. The summed E-state index contributed by atoms with van der Waals surface area (Å²) in [5, 5.41) is 17.9. The van der Waals surface area contributed by atoms with E-state index in [2.05, 4.69) is 92.8 Å². The van der Waals surface area contributed by atoms with Crippen molar-refractivity contribution < 1.29 is 0 Å². The molecule has 0 spiro atoms. The van der Waals surface area contributed by atoms with Crippen LogP contribution in [0.3, 0.4) is 0 Å². The number of pyridine rings is 2. The van der Waals surface area contributed by atoms with Crippen LogP contribution in [0.5, 0.6) is 0 Å². The Balaban J connectivity index is 1.45. The SMILES string of the molecule is N#Cc1ccc(NCCNc2cnc(Cc3cccc(I)c3)c3ccccc23)nc1. The van der Waals surface area contributed by atoms with Crippen molar-refractivity contribution in [1.29, 1.82) is 5.26 Å². The molecule has 0 saturated heterocycles. The first-order chi connectivity index (χ1) is 14.7. The molecule has 2 N–H and O–H groups in total. The molecule has 4 aromatic rings. The molecule has 4 rings (SSSR count). The lowest BCUT2D eigenvalue weighted by atomic mass is 10.0. The van der Waals surface area contributed by atoms with Crippen LogP contribution < -0.4 is 10.6 Å². The Bertz CT molecular complexity index is 1200. The molecule has 0 aliphatic carbocycles. The van der Waals surface area contributed by atoms with E-state index in [4.69, 9.17) is 10.2 Å². The van der Waals surface area contributed by atoms with Gasteiger partial charge in [-0.1, -0.05) is 36.4 Å². The van der Waals surface area contributed by atoms with Crippen LogP contribution >= 0.6 is 22.6 Å². The number of hydrogen-bond acceptors (Lipinski definition) is 5. The van der Waals surface area contributed by atoms with E-state index in [1.807, 2.05) is 12.3 Å². The monoisotopic (exact) mass is 505 g/mol. The number of aromatic nitrogens is 2. The Labute approximate surface area is 189 Å². The van der Waals surface area contributed by atoms with Crippen molar-refractivity contribution in [3.63, 3.8) is 0 Å². The van der Waals surface area contributed by atoms with Crippen molar-refractivity contribution >= 4 is 44.9 Å². The van der Waals surface area contributed by atoms with E-state index in [1.165, 1.54) is 19.9 Å². The maximum atomic E-state index is 8.84. The second kappa shape index (κ2) is 9.55. The maximum absolute atomic E-state index is 8.84. The lowest BCUT2D eigenvalue weighted by molar-refractivity contribution is 1.05. The Kier molecular flexibility index (Phi) is 6.40. The van der Waals surface area contributed by atoms with Crippen LogP contribution in [-0.4, -0.2) is 23.1 Å². The number of halogens is 1. The summed E-state index contributed by atoms with van der Waals surface area (Å²) in [6.07, 6.45) is 4.30. The summed E-state index contributed by atoms with van der Waals surface area (Å²) in [7, 11) is 0. The van der Waals surface area contributed by atoms with Crippen LogP contribution in [0, 0.1) is 14.9 Å². The third kappa shape index (κ3) is 4.86. The summed E-state index contributed by atoms with van der Waals surface area (Å²) in [5.41, 5.74) is 3.92. The highest BCUT2D eigenvalue weighted by atomic mass is 127. The molecule has 0 fully saturated rings. The quantitative estimate of drug-likeness (QED) is 0.266. The van der Waals surface area contributed by atoms with Crippen molar-refractivity contribution in [3.05, 3.63) is 93.4 Å². The van der Waals surface area contributed by atoms with Gasteiger partial charge in [0.15, 0.2) is 0 Å². The maximum Gasteiger partial charge on any atom is 0.126 e. The zero-order valence-corrected chi connectivity index (χ0v) is 18.4. The first-order valence-electron chi connectivity index (χ1n) is 9.68. The highest BCUT2D eigenvalue weighted by Gasteiger charge is 2.08. The molecule has 5 nitrogen and oxygen atoms in total. The van der Waals surface area contributed by atoms with E-state index >= 15 is 0 Å². The number of rotatable bonds is 7. The van der Waals surface area contributed by atoms with Gasteiger partial charge >= 0.3 is 0 Å². The number of nitriles is 1. The van der Waals surface area contributed by atoms with Gasteiger partial charge in [-0.2, -0.15) is 5.26 Å². The topological polar surface area (TPSA) is 73.6 Å². The van der Waals surface area contributed by atoms with E-state index in [-0.39, 0.29) is 0 Å². The average molecular weight is 505 g/mol. The van der Waals surface area contributed by atoms with Gasteiger partial charge in [0.2, 0.25) is 0 Å². The fraction of sp³-hybridized carbons (Fsp3) is 0.125. The van der Waals surface area contributed by atoms with Crippen molar-refractivity contribution in [2.45, 2.75) is 6.42 Å². The first kappa shape index (κ1) is 20.1. The molecule has 0 unspecified atom stereocenters. The largest absolute Gasteiger partial charge is 0.382 e. The number of nitrogens with zero attached hydrogens (tertiary/aromatic N) is 3.